The number of amides is 1. The molecule has 1 aliphatic heterocycles. The number of piperazine rings is 1. The van der Waals surface area contributed by atoms with E-state index in [-0.39, 0.29) is 17.7 Å². The molecule has 1 amide bonds. The number of likely N-dealkylation sites (N-methyl/N-ethyl adjacent to an activating group) is 1. The van der Waals surface area contributed by atoms with Crippen molar-refractivity contribution < 1.29 is 14.7 Å². The van der Waals surface area contributed by atoms with Gasteiger partial charge in [0.1, 0.15) is 0 Å². The molecule has 0 radical (unpaired) electrons. The molecule has 3 atom stereocenters. The number of carbonyl (C=O) groups excluding carboxylic acids is 1. The van der Waals surface area contributed by atoms with Gasteiger partial charge in [-0.1, -0.05) is 0 Å². The molecule has 2 rings (SSSR count). The van der Waals surface area contributed by atoms with Crippen LogP contribution < -0.4 is 0 Å². The Hall–Kier alpha value is -1.10. The Morgan fingerprint density at radius 2 is 1.83 bits per heavy atom. The van der Waals surface area contributed by atoms with Gasteiger partial charge in [0, 0.05) is 31.6 Å². The van der Waals surface area contributed by atoms with Crippen LogP contribution in [0.15, 0.2) is 0 Å². The molecule has 1 saturated heterocycles. The largest absolute Gasteiger partial charge is 0.481 e. The summed E-state index contributed by atoms with van der Waals surface area (Å²) in [5.41, 5.74) is 0. The van der Waals surface area contributed by atoms with Crippen LogP contribution in [0.25, 0.3) is 0 Å². The second-order valence-corrected chi connectivity index (χ2v) is 5.66. The van der Waals surface area contributed by atoms with E-state index in [2.05, 4.69) is 18.9 Å². The van der Waals surface area contributed by atoms with Gasteiger partial charge in [-0.25, -0.2) is 0 Å². The average Bonchev–Trinajstić information content (AvgIpc) is 2.81. The highest BCUT2D eigenvalue weighted by molar-refractivity contribution is 5.81. The van der Waals surface area contributed by atoms with Crippen LogP contribution in [0.3, 0.4) is 0 Å². The van der Waals surface area contributed by atoms with Crippen molar-refractivity contribution in [2.45, 2.75) is 32.2 Å². The molecule has 0 spiro atoms. The van der Waals surface area contributed by atoms with Crippen molar-refractivity contribution >= 4 is 11.9 Å². The first kappa shape index (κ1) is 13.3. The van der Waals surface area contributed by atoms with Crippen molar-refractivity contribution in [2.24, 2.45) is 11.8 Å². The summed E-state index contributed by atoms with van der Waals surface area (Å²) in [4.78, 5) is 27.4. The molecular formula is C13H22N2O3. The van der Waals surface area contributed by atoms with Gasteiger partial charge in [-0.2, -0.15) is 0 Å². The minimum absolute atomic E-state index is 0.0679. The van der Waals surface area contributed by atoms with Crippen molar-refractivity contribution in [3.05, 3.63) is 0 Å². The molecule has 1 unspecified atom stereocenters. The molecule has 2 fully saturated rings. The van der Waals surface area contributed by atoms with Crippen molar-refractivity contribution in [1.82, 2.24) is 9.80 Å². The monoisotopic (exact) mass is 254 g/mol. The molecule has 1 heterocycles. The number of hydrogen-bond acceptors (Lipinski definition) is 3. The Balaban J connectivity index is 1.90. The first-order valence-electron chi connectivity index (χ1n) is 6.71. The number of nitrogens with zero attached hydrogens (tertiary/aromatic N) is 2. The Morgan fingerprint density at radius 3 is 2.39 bits per heavy atom. The fourth-order valence-corrected chi connectivity index (χ4v) is 2.94. The average molecular weight is 254 g/mol. The van der Waals surface area contributed by atoms with Gasteiger partial charge in [0.2, 0.25) is 5.91 Å². The summed E-state index contributed by atoms with van der Waals surface area (Å²) >= 11 is 0. The van der Waals surface area contributed by atoms with Crippen LogP contribution in [-0.4, -0.2) is 59.5 Å². The van der Waals surface area contributed by atoms with E-state index in [1.807, 2.05) is 4.90 Å². The summed E-state index contributed by atoms with van der Waals surface area (Å²) in [6.07, 6.45) is 1.90. The van der Waals surface area contributed by atoms with Crippen LogP contribution in [0, 0.1) is 11.8 Å². The molecule has 1 aliphatic carbocycles. The van der Waals surface area contributed by atoms with Crippen LogP contribution in [0.1, 0.15) is 26.2 Å². The van der Waals surface area contributed by atoms with E-state index in [0.29, 0.717) is 18.9 Å². The quantitative estimate of drug-likeness (QED) is 0.786. The molecule has 0 aromatic carbocycles. The Labute approximate surface area is 108 Å². The fourth-order valence-electron chi connectivity index (χ4n) is 2.94. The zero-order valence-corrected chi connectivity index (χ0v) is 11.1. The number of carbonyl (C=O) groups is 2. The highest BCUT2D eigenvalue weighted by Crippen LogP contribution is 2.32. The van der Waals surface area contributed by atoms with E-state index in [1.54, 1.807) is 0 Å². The lowest BCUT2D eigenvalue weighted by Gasteiger charge is -2.38. The first-order valence-corrected chi connectivity index (χ1v) is 6.71. The topological polar surface area (TPSA) is 60.9 Å². The van der Waals surface area contributed by atoms with Crippen LogP contribution in [0.4, 0.5) is 0 Å². The zero-order valence-electron chi connectivity index (χ0n) is 11.1. The van der Waals surface area contributed by atoms with Gasteiger partial charge in [-0.3, -0.25) is 9.59 Å². The van der Waals surface area contributed by atoms with Gasteiger partial charge in [0.15, 0.2) is 0 Å². The van der Waals surface area contributed by atoms with Crippen LogP contribution >= 0.6 is 0 Å². The minimum Gasteiger partial charge on any atom is -0.481 e. The fraction of sp³-hybridized carbons (Fsp3) is 0.846. The summed E-state index contributed by atoms with van der Waals surface area (Å²) in [5.74, 6) is -0.971. The Bertz CT molecular complexity index is 345. The zero-order chi connectivity index (χ0) is 13.3. The van der Waals surface area contributed by atoms with Gasteiger partial charge < -0.3 is 14.9 Å². The SMILES string of the molecule is CC1CN(C(=O)[C@@H]2CC[C@H](C(=O)O)C2)CCN1C. The maximum absolute atomic E-state index is 12.3. The lowest BCUT2D eigenvalue weighted by atomic mass is 10.0. The van der Waals surface area contributed by atoms with E-state index < -0.39 is 5.97 Å². The van der Waals surface area contributed by atoms with Gasteiger partial charge in [0.05, 0.1) is 5.92 Å². The number of carboxylic acids is 1. The third kappa shape index (κ3) is 2.66. The molecule has 1 N–H and O–H groups in total. The summed E-state index contributed by atoms with van der Waals surface area (Å²) in [5, 5.41) is 8.97. The standard InChI is InChI=1S/C13H22N2O3/c1-9-8-15(6-5-14(9)2)12(16)10-3-4-11(7-10)13(17)18/h9-11H,3-8H2,1-2H3,(H,17,18)/t9?,10-,11+/m1/s1. The van der Waals surface area contributed by atoms with Crippen molar-refractivity contribution in [1.29, 1.82) is 0 Å². The third-order valence-corrected chi connectivity index (χ3v) is 4.40. The van der Waals surface area contributed by atoms with E-state index >= 15 is 0 Å². The number of hydrogen-bond donors (Lipinski definition) is 1. The number of carboxylic acid groups (broad SMARTS) is 1. The smallest absolute Gasteiger partial charge is 0.306 e. The normalized spacial score (nSPS) is 33.7. The van der Waals surface area contributed by atoms with Crippen molar-refractivity contribution in [3.8, 4) is 0 Å². The van der Waals surface area contributed by atoms with E-state index in [9.17, 15) is 9.59 Å². The van der Waals surface area contributed by atoms with Crippen LogP contribution in [-0.2, 0) is 9.59 Å². The molecule has 5 nitrogen and oxygen atoms in total. The molecule has 0 bridgehead atoms. The molecule has 102 valence electrons. The van der Waals surface area contributed by atoms with Crippen molar-refractivity contribution in [3.63, 3.8) is 0 Å². The van der Waals surface area contributed by atoms with E-state index in [0.717, 1.165) is 26.1 Å². The van der Waals surface area contributed by atoms with E-state index in [4.69, 9.17) is 5.11 Å². The maximum Gasteiger partial charge on any atom is 0.306 e. The van der Waals surface area contributed by atoms with Crippen LogP contribution in [0.5, 0.6) is 0 Å². The van der Waals surface area contributed by atoms with Gasteiger partial charge in [-0.15, -0.1) is 0 Å². The van der Waals surface area contributed by atoms with E-state index in [1.165, 1.54) is 0 Å². The van der Waals surface area contributed by atoms with Crippen molar-refractivity contribution in [2.75, 3.05) is 26.7 Å². The summed E-state index contributed by atoms with van der Waals surface area (Å²) < 4.78 is 0. The number of rotatable bonds is 2. The molecular weight excluding hydrogens is 232 g/mol. The molecule has 5 heteroatoms. The molecule has 2 aliphatic rings. The summed E-state index contributed by atoms with van der Waals surface area (Å²) in [7, 11) is 2.07. The summed E-state index contributed by atoms with van der Waals surface area (Å²) in [6, 6.07) is 0.388. The second-order valence-electron chi connectivity index (χ2n) is 5.66. The van der Waals surface area contributed by atoms with Gasteiger partial charge in [-0.05, 0) is 33.2 Å². The first-order chi connectivity index (χ1) is 8.49. The van der Waals surface area contributed by atoms with Crippen LogP contribution in [0.2, 0.25) is 0 Å². The minimum atomic E-state index is -0.753. The lowest BCUT2D eigenvalue weighted by Crippen LogP contribution is -2.53. The van der Waals surface area contributed by atoms with Gasteiger partial charge >= 0.3 is 5.97 Å². The molecule has 1 saturated carbocycles. The Morgan fingerprint density at radius 1 is 1.17 bits per heavy atom. The second kappa shape index (κ2) is 5.26. The van der Waals surface area contributed by atoms with Gasteiger partial charge in [0.25, 0.3) is 0 Å². The highest BCUT2D eigenvalue weighted by atomic mass is 16.4. The highest BCUT2D eigenvalue weighted by Gasteiger charge is 2.37. The molecule has 0 aromatic heterocycles. The predicted octanol–water partition coefficient (Wildman–Crippen LogP) is 0.650. The predicted molar refractivity (Wildman–Crippen MR) is 67.1 cm³/mol. The lowest BCUT2D eigenvalue weighted by molar-refractivity contribution is -0.142. The number of aliphatic carboxylic acids is 1. The third-order valence-electron chi connectivity index (χ3n) is 4.40. The maximum atomic E-state index is 12.3. The molecule has 18 heavy (non-hydrogen) atoms. The Kier molecular flexibility index (Phi) is 3.90. The molecule has 0 aromatic rings. The summed E-state index contributed by atoms with van der Waals surface area (Å²) in [6.45, 7) is 4.56.